The first-order chi connectivity index (χ1) is 7.56. The first-order valence-corrected chi connectivity index (χ1v) is 5.33. The average molecular weight is 222 g/mol. The average Bonchev–Trinajstić information content (AvgIpc) is 2.27. The van der Waals surface area contributed by atoms with Gasteiger partial charge in [-0.2, -0.15) is 0 Å². The Balaban J connectivity index is 2.86. The third kappa shape index (κ3) is 3.20. The number of amides is 1. The Hall–Kier alpha value is -1.62. The molecule has 1 amide bonds. The minimum Gasteiger partial charge on any atom is -0.350 e. The number of carbonyl (C=O) groups is 1. The van der Waals surface area contributed by atoms with Crippen molar-refractivity contribution < 1.29 is 4.79 Å². The van der Waals surface area contributed by atoms with E-state index in [1.54, 1.807) is 12.1 Å². The van der Waals surface area contributed by atoms with Crippen molar-refractivity contribution in [3.63, 3.8) is 0 Å². The molecule has 0 fully saturated rings. The number of rotatable bonds is 4. The molecule has 0 aliphatic rings. The number of aryl methyl sites for hydroxylation is 1. The topological polar surface area (TPSA) is 80.0 Å². The van der Waals surface area contributed by atoms with Gasteiger partial charge in [0.2, 0.25) is 0 Å². The monoisotopic (exact) mass is 222 g/mol. The Labute approximate surface area is 95.4 Å². The third-order valence-electron chi connectivity index (χ3n) is 2.35. The van der Waals surface area contributed by atoms with E-state index >= 15 is 0 Å². The molecule has 0 aliphatic carbocycles. The lowest BCUT2D eigenvalue weighted by Gasteiger charge is -2.12. The second-order valence-corrected chi connectivity index (χ2v) is 3.81. The van der Waals surface area contributed by atoms with Gasteiger partial charge in [0.25, 0.3) is 5.91 Å². The summed E-state index contributed by atoms with van der Waals surface area (Å²) in [5, 5.41) is 2.89. The van der Waals surface area contributed by atoms with Gasteiger partial charge in [-0.25, -0.2) is 10.8 Å². The van der Waals surface area contributed by atoms with Crippen molar-refractivity contribution in [2.45, 2.75) is 33.2 Å². The van der Waals surface area contributed by atoms with Crippen molar-refractivity contribution in [3.05, 3.63) is 23.4 Å². The SMILES string of the molecule is CCC(C)NC(=O)c1cc(C)nc(NN)c1. The van der Waals surface area contributed by atoms with E-state index in [9.17, 15) is 4.79 Å². The smallest absolute Gasteiger partial charge is 0.251 e. The highest BCUT2D eigenvalue weighted by atomic mass is 16.1. The number of nitrogens with one attached hydrogen (secondary N) is 2. The summed E-state index contributed by atoms with van der Waals surface area (Å²) < 4.78 is 0. The molecule has 1 unspecified atom stereocenters. The maximum absolute atomic E-state index is 11.8. The van der Waals surface area contributed by atoms with Crippen LogP contribution in [0.5, 0.6) is 0 Å². The maximum Gasteiger partial charge on any atom is 0.251 e. The molecule has 88 valence electrons. The van der Waals surface area contributed by atoms with Crippen LogP contribution < -0.4 is 16.6 Å². The lowest BCUT2D eigenvalue weighted by atomic mass is 10.2. The summed E-state index contributed by atoms with van der Waals surface area (Å²) in [4.78, 5) is 15.9. The molecular weight excluding hydrogens is 204 g/mol. The van der Waals surface area contributed by atoms with Crippen molar-refractivity contribution in [3.8, 4) is 0 Å². The van der Waals surface area contributed by atoms with E-state index in [1.165, 1.54) is 0 Å². The predicted octanol–water partition coefficient (Wildman–Crippen LogP) is 1.20. The van der Waals surface area contributed by atoms with Crippen molar-refractivity contribution in [1.29, 1.82) is 0 Å². The molecule has 0 saturated carbocycles. The highest BCUT2D eigenvalue weighted by molar-refractivity contribution is 5.95. The number of hydrogen-bond donors (Lipinski definition) is 3. The summed E-state index contributed by atoms with van der Waals surface area (Å²) in [6.07, 6.45) is 0.901. The van der Waals surface area contributed by atoms with Gasteiger partial charge in [-0.05, 0) is 32.4 Å². The van der Waals surface area contributed by atoms with Crippen LogP contribution in [-0.4, -0.2) is 16.9 Å². The maximum atomic E-state index is 11.8. The minimum absolute atomic E-state index is 0.101. The fraction of sp³-hybridized carbons (Fsp3) is 0.455. The number of hydrazine groups is 1. The summed E-state index contributed by atoms with van der Waals surface area (Å²) in [6.45, 7) is 5.81. The molecule has 0 aliphatic heterocycles. The Kier molecular flexibility index (Phi) is 4.25. The second-order valence-electron chi connectivity index (χ2n) is 3.81. The number of anilines is 1. The third-order valence-corrected chi connectivity index (χ3v) is 2.35. The lowest BCUT2D eigenvalue weighted by Crippen LogP contribution is -2.32. The van der Waals surface area contributed by atoms with Gasteiger partial charge >= 0.3 is 0 Å². The largest absolute Gasteiger partial charge is 0.350 e. The van der Waals surface area contributed by atoms with Crippen LogP contribution in [0.3, 0.4) is 0 Å². The van der Waals surface area contributed by atoms with Crippen molar-refractivity contribution in [2.24, 2.45) is 5.84 Å². The van der Waals surface area contributed by atoms with E-state index in [4.69, 9.17) is 5.84 Å². The Morgan fingerprint density at radius 1 is 1.56 bits per heavy atom. The molecule has 1 aromatic heterocycles. The molecule has 0 saturated heterocycles. The summed E-state index contributed by atoms with van der Waals surface area (Å²) in [5.41, 5.74) is 3.76. The Morgan fingerprint density at radius 3 is 2.81 bits per heavy atom. The second kappa shape index (κ2) is 5.46. The molecule has 0 bridgehead atoms. The van der Waals surface area contributed by atoms with Crippen LogP contribution in [0.1, 0.15) is 36.3 Å². The van der Waals surface area contributed by atoms with E-state index in [0.29, 0.717) is 11.4 Å². The summed E-state index contributed by atoms with van der Waals surface area (Å²) >= 11 is 0. The normalized spacial score (nSPS) is 12.0. The van der Waals surface area contributed by atoms with Gasteiger partial charge in [0, 0.05) is 17.3 Å². The molecule has 1 rings (SSSR count). The van der Waals surface area contributed by atoms with Gasteiger partial charge in [-0.1, -0.05) is 6.92 Å². The van der Waals surface area contributed by atoms with Crippen LogP contribution in [0.2, 0.25) is 0 Å². The quantitative estimate of drug-likeness (QED) is 0.528. The number of nitrogens with zero attached hydrogens (tertiary/aromatic N) is 1. The van der Waals surface area contributed by atoms with E-state index in [2.05, 4.69) is 15.7 Å². The highest BCUT2D eigenvalue weighted by Crippen LogP contribution is 2.09. The molecule has 1 atom stereocenters. The summed E-state index contributed by atoms with van der Waals surface area (Å²) in [6, 6.07) is 3.53. The highest BCUT2D eigenvalue weighted by Gasteiger charge is 2.10. The van der Waals surface area contributed by atoms with Crippen LogP contribution in [0, 0.1) is 6.92 Å². The first kappa shape index (κ1) is 12.4. The zero-order valence-electron chi connectivity index (χ0n) is 9.87. The molecule has 4 N–H and O–H groups in total. The number of hydrogen-bond acceptors (Lipinski definition) is 4. The number of carbonyl (C=O) groups excluding carboxylic acids is 1. The van der Waals surface area contributed by atoms with Gasteiger partial charge in [-0.15, -0.1) is 0 Å². The van der Waals surface area contributed by atoms with Gasteiger partial charge < -0.3 is 10.7 Å². The first-order valence-electron chi connectivity index (χ1n) is 5.33. The van der Waals surface area contributed by atoms with E-state index in [0.717, 1.165) is 12.1 Å². The molecule has 1 heterocycles. The Morgan fingerprint density at radius 2 is 2.25 bits per heavy atom. The van der Waals surface area contributed by atoms with Crippen molar-refractivity contribution in [2.75, 3.05) is 5.43 Å². The number of pyridine rings is 1. The molecular formula is C11H18N4O. The summed E-state index contributed by atoms with van der Waals surface area (Å²) in [5.74, 6) is 5.67. The fourth-order valence-corrected chi connectivity index (χ4v) is 1.28. The Bertz CT molecular complexity index is 378. The molecule has 5 nitrogen and oxygen atoms in total. The fourth-order valence-electron chi connectivity index (χ4n) is 1.28. The standard InChI is InChI=1S/C11H18N4O/c1-4-7(2)14-11(16)9-5-8(3)13-10(6-9)15-12/h5-7H,4,12H2,1-3H3,(H,13,15)(H,14,16). The van der Waals surface area contributed by atoms with Crippen LogP contribution in [-0.2, 0) is 0 Å². The van der Waals surface area contributed by atoms with Crippen molar-refractivity contribution >= 4 is 11.7 Å². The molecule has 0 radical (unpaired) electrons. The summed E-state index contributed by atoms with van der Waals surface area (Å²) in [7, 11) is 0. The van der Waals surface area contributed by atoms with Crippen LogP contribution in [0.4, 0.5) is 5.82 Å². The zero-order chi connectivity index (χ0) is 12.1. The molecule has 0 aromatic carbocycles. The van der Waals surface area contributed by atoms with E-state index < -0.39 is 0 Å². The van der Waals surface area contributed by atoms with E-state index in [1.807, 2.05) is 20.8 Å². The number of nitrogens with two attached hydrogens (primary N) is 1. The lowest BCUT2D eigenvalue weighted by molar-refractivity contribution is 0.0939. The van der Waals surface area contributed by atoms with E-state index in [-0.39, 0.29) is 11.9 Å². The van der Waals surface area contributed by atoms with Crippen LogP contribution in [0.25, 0.3) is 0 Å². The molecule has 1 aromatic rings. The zero-order valence-corrected chi connectivity index (χ0v) is 9.87. The van der Waals surface area contributed by atoms with Gasteiger partial charge in [0.05, 0.1) is 0 Å². The number of aromatic nitrogens is 1. The van der Waals surface area contributed by atoms with Gasteiger partial charge in [-0.3, -0.25) is 4.79 Å². The molecule has 5 heteroatoms. The van der Waals surface area contributed by atoms with Gasteiger partial charge in [0.15, 0.2) is 0 Å². The number of nitrogen functional groups attached to an aromatic ring is 1. The van der Waals surface area contributed by atoms with Crippen LogP contribution >= 0.6 is 0 Å². The van der Waals surface area contributed by atoms with Crippen LogP contribution in [0.15, 0.2) is 12.1 Å². The molecule has 16 heavy (non-hydrogen) atoms. The minimum atomic E-state index is -0.101. The molecule has 0 spiro atoms. The van der Waals surface area contributed by atoms with Crippen molar-refractivity contribution in [1.82, 2.24) is 10.3 Å². The van der Waals surface area contributed by atoms with Gasteiger partial charge in [0.1, 0.15) is 5.82 Å². The predicted molar refractivity (Wildman–Crippen MR) is 64.0 cm³/mol.